The van der Waals surface area contributed by atoms with E-state index in [1.165, 1.54) is 20.0 Å². The van der Waals surface area contributed by atoms with Crippen LogP contribution in [0.1, 0.15) is 48.9 Å². The van der Waals surface area contributed by atoms with Crippen molar-refractivity contribution in [3.05, 3.63) is 42.0 Å². The van der Waals surface area contributed by atoms with E-state index in [0.717, 1.165) is 42.9 Å². The topological polar surface area (TPSA) is 88.1 Å². The molecular weight excluding hydrogens is 418 g/mol. The number of pyridine rings is 1. The molecule has 1 unspecified atom stereocenters. The second kappa shape index (κ2) is 8.92. The number of likely N-dealkylation sites (tertiary alicyclic amines) is 1. The Hall–Kier alpha value is -3.29. The SMILES string of the molecule is COc1ccc(C(=O)N2CCCC3(C2)Nc2ccccc2NC3=NC2CCCC2)c(OC)n1. The van der Waals surface area contributed by atoms with Gasteiger partial charge in [-0.2, -0.15) is 4.98 Å². The molecule has 0 bridgehead atoms. The first kappa shape index (κ1) is 21.6. The van der Waals surface area contributed by atoms with E-state index in [-0.39, 0.29) is 11.8 Å². The van der Waals surface area contributed by atoms with E-state index in [9.17, 15) is 4.79 Å². The van der Waals surface area contributed by atoms with Crippen molar-refractivity contribution in [3.8, 4) is 11.8 Å². The van der Waals surface area contributed by atoms with Crippen LogP contribution in [0.2, 0.25) is 0 Å². The number of nitrogens with one attached hydrogen (secondary N) is 2. The van der Waals surface area contributed by atoms with E-state index in [1.54, 1.807) is 19.2 Å². The number of aliphatic imine (C=N–C) groups is 1. The molecule has 8 heteroatoms. The van der Waals surface area contributed by atoms with Crippen LogP contribution in [0.15, 0.2) is 41.4 Å². The Kier molecular flexibility index (Phi) is 5.83. The van der Waals surface area contributed by atoms with Crippen LogP contribution in [0, 0.1) is 0 Å². The third-order valence-corrected chi connectivity index (χ3v) is 6.89. The van der Waals surface area contributed by atoms with Crippen molar-refractivity contribution < 1.29 is 14.3 Å². The fraction of sp³-hybridized carbons (Fsp3) is 0.480. The summed E-state index contributed by atoms with van der Waals surface area (Å²) in [4.78, 5) is 25.0. The normalized spacial score (nSPS) is 23.7. The first-order valence-electron chi connectivity index (χ1n) is 11.7. The zero-order chi connectivity index (χ0) is 22.8. The van der Waals surface area contributed by atoms with E-state index in [2.05, 4.69) is 27.8 Å². The van der Waals surface area contributed by atoms with Gasteiger partial charge < -0.3 is 25.0 Å². The van der Waals surface area contributed by atoms with Gasteiger partial charge in [-0.25, -0.2) is 0 Å². The van der Waals surface area contributed by atoms with E-state index < -0.39 is 5.54 Å². The third kappa shape index (κ3) is 4.10. The zero-order valence-electron chi connectivity index (χ0n) is 19.3. The lowest BCUT2D eigenvalue weighted by Crippen LogP contribution is -2.62. The van der Waals surface area contributed by atoms with Gasteiger partial charge in [-0.15, -0.1) is 0 Å². The lowest BCUT2D eigenvalue weighted by Gasteiger charge is -2.47. The van der Waals surface area contributed by atoms with Crippen LogP contribution >= 0.6 is 0 Å². The Balaban J connectivity index is 1.47. The maximum atomic E-state index is 13.6. The van der Waals surface area contributed by atoms with Gasteiger partial charge in [0.1, 0.15) is 16.9 Å². The number of carbonyl (C=O) groups excluding carboxylic acids is 1. The van der Waals surface area contributed by atoms with E-state index in [0.29, 0.717) is 30.6 Å². The number of piperidine rings is 1. The monoisotopic (exact) mass is 449 g/mol. The summed E-state index contributed by atoms with van der Waals surface area (Å²) in [5.74, 6) is 1.55. The van der Waals surface area contributed by atoms with Crippen molar-refractivity contribution in [2.24, 2.45) is 4.99 Å². The van der Waals surface area contributed by atoms with Gasteiger partial charge in [0.05, 0.1) is 38.2 Å². The summed E-state index contributed by atoms with van der Waals surface area (Å²) in [5, 5.41) is 7.38. The number of ether oxygens (including phenoxy) is 2. The second-order valence-corrected chi connectivity index (χ2v) is 9.03. The van der Waals surface area contributed by atoms with Crippen LogP contribution < -0.4 is 20.1 Å². The van der Waals surface area contributed by atoms with Crippen LogP contribution in [0.25, 0.3) is 0 Å². The van der Waals surface area contributed by atoms with Crippen LogP contribution in [-0.2, 0) is 0 Å². The molecule has 3 aliphatic rings. The molecular formula is C25H31N5O3. The Morgan fingerprint density at radius 2 is 1.88 bits per heavy atom. The number of rotatable bonds is 4. The summed E-state index contributed by atoms with van der Waals surface area (Å²) in [6.07, 6.45) is 6.49. The number of benzene rings is 1. The molecule has 2 aliphatic heterocycles. The molecule has 5 rings (SSSR count). The summed E-state index contributed by atoms with van der Waals surface area (Å²) in [6, 6.07) is 12.0. The average molecular weight is 450 g/mol. The second-order valence-electron chi connectivity index (χ2n) is 9.03. The van der Waals surface area contributed by atoms with Gasteiger partial charge in [0.2, 0.25) is 11.8 Å². The number of nitrogens with zero attached hydrogens (tertiary/aromatic N) is 3. The number of fused-ring (bicyclic) bond motifs is 1. The molecule has 2 aromatic rings. The molecule has 3 heterocycles. The van der Waals surface area contributed by atoms with Crippen molar-refractivity contribution in [1.82, 2.24) is 9.88 Å². The quantitative estimate of drug-likeness (QED) is 0.735. The van der Waals surface area contributed by atoms with Crippen molar-refractivity contribution in [2.45, 2.75) is 50.1 Å². The minimum absolute atomic E-state index is 0.0954. The summed E-state index contributed by atoms with van der Waals surface area (Å²) in [7, 11) is 3.06. The molecule has 2 N–H and O–H groups in total. The number of para-hydroxylation sites is 2. The highest BCUT2D eigenvalue weighted by Crippen LogP contribution is 2.38. The van der Waals surface area contributed by atoms with Gasteiger partial charge in [0.25, 0.3) is 5.91 Å². The van der Waals surface area contributed by atoms with Crippen molar-refractivity contribution in [3.63, 3.8) is 0 Å². The predicted molar refractivity (Wildman–Crippen MR) is 129 cm³/mol. The first-order chi connectivity index (χ1) is 16.1. The highest BCUT2D eigenvalue weighted by Gasteiger charge is 2.45. The standard InChI is InChI=1S/C25H31N5O3/c1-32-21-13-12-18(22(28-21)33-2)23(31)30-15-7-14-25(16-30)24(26-17-8-3-4-9-17)27-19-10-5-6-11-20(19)29-25/h5-6,10-13,17,29H,3-4,7-9,14-16H2,1-2H3,(H,26,27). The van der Waals surface area contributed by atoms with Gasteiger partial charge in [-0.1, -0.05) is 25.0 Å². The molecule has 2 fully saturated rings. The molecule has 1 spiro atoms. The minimum Gasteiger partial charge on any atom is -0.481 e. The molecule has 33 heavy (non-hydrogen) atoms. The van der Waals surface area contributed by atoms with Gasteiger partial charge in [0, 0.05) is 12.6 Å². The highest BCUT2D eigenvalue weighted by atomic mass is 16.5. The predicted octanol–water partition coefficient (Wildman–Crippen LogP) is 3.95. The lowest BCUT2D eigenvalue weighted by molar-refractivity contribution is 0.0690. The molecule has 1 saturated carbocycles. The smallest absolute Gasteiger partial charge is 0.259 e. The molecule has 1 aliphatic carbocycles. The number of carbonyl (C=O) groups is 1. The van der Waals surface area contributed by atoms with Crippen LogP contribution in [0.4, 0.5) is 11.4 Å². The highest BCUT2D eigenvalue weighted by molar-refractivity contribution is 6.10. The number of anilines is 2. The molecule has 1 aromatic carbocycles. The van der Waals surface area contributed by atoms with Gasteiger partial charge in [-0.3, -0.25) is 9.79 Å². The molecule has 174 valence electrons. The van der Waals surface area contributed by atoms with Gasteiger partial charge in [0.15, 0.2) is 0 Å². The summed E-state index contributed by atoms with van der Waals surface area (Å²) in [5.41, 5.74) is 2.07. The van der Waals surface area contributed by atoms with Gasteiger partial charge in [-0.05, 0) is 43.9 Å². The number of methoxy groups -OCH3 is 2. The average Bonchev–Trinajstić information content (AvgIpc) is 3.37. The fourth-order valence-electron chi connectivity index (χ4n) is 5.19. The lowest BCUT2D eigenvalue weighted by atomic mass is 9.84. The molecule has 0 radical (unpaired) electrons. The number of hydrogen-bond acceptors (Lipinski definition) is 6. The van der Waals surface area contributed by atoms with E-state index >= 15 is 0 Å². The van der Waals surface area contributed by atoms with Crippen LogP contribution in [0.5, 0.6) is 11.8 Å². The van der Waals surface area contributed by atoms with Gasteiger partial charge >= 0.3 is 0 Å². The molecule has 1 atom stereocenters. The van der Waals surface area contributed by atoms with Crippen LogP contribution in [0.3, 0.4) is 0 Å². The number of hydrogen-bond donors (Lipinski definition) is 2. The number of amides is 1. The molecule has 1 saturated heterocycles. The molecule has 8 nitrogen and oxygen atoms in total. The minimum atomic E-state index is -0.446. The Morgan fingerprint density at radius 3 is 2.64 bits per heavy atom. The Morgan fingerprint density at radius 1 is 1.09 bits per heavy atom. The number of aromatic nitrogens is 1. The Bertz CT molecular complexity index is 1070. The summed E-state index contributed by atoms with van der Waals surface area (Å²) >= 11 is 0. The zero-order valence-corrected chi connectivity index (χ0v) is 19.3. The first-order valence-corrected chi connectivity index (χ1v) is 11.7. The maximum absolute atomic E-state index is 13.6. The van der Waals surface area contributed by atoms with Crippen LogP contribution in [-0.4, -0.2) is 60.5 Å². The maximum Gasteiger partial charge on any atom is 0.259 e. The third-order valence-electron chi connectivity index (χ3n) is 6.89. The molecule has 1 aromatic heterocycles. The number of amidine groups is 1. The largest absolute Gasteiger partial charge is 0.481 e. The summed E-state index contributed by atoms with van der Waals surface area (Å²) < 4.78 is 10.6. The van der Waals surface area contributed by atoms with E-state index in [1.807, 2.05) is 17.0 Å². The van der Waals surface area contributed by atoms with Crippen molar-refractivity contribution in [1.29, 1.82) is 0 Å². The van der Waals surface area contributed by atoms with Crippen molar-refractivity contribution >= 4 is 23.1 Å². The Labute approximate surface area is 194 Å². The van der Waals surface area contributed by atoms with E-state index in [4.69, 9.17) is 14.5 Å². The van der Waals surface area contributed by atoms with Crippen molar-refractivity contribution in [2.75, 3.05) is 37.9 Å². The fourth-order valence-corrected chi connectivity index (χ4v) is 5.19. The summed E-state index contributed by atoms with van der Waals surface area (Å²) in [6.45, 7) is 1.20. The molecule has 1 amide bonds.